The van der Waals surface area contributed by atoms with Crippen molar-refractivity contribution in [1.82, 2.24) is 4.90 Å². The number of nitriles is 1. The molecule has 6 heteroatoms. The van der Waals surface area contributed by atoms with E-state index in [9.17, 15) is 4.79 Å². The van der Waals surface area contributed by atoms with Crippen LogP contribution >= 0.6 is 0 Å². The quantitative estimate of drug-likeness (QED) is 0.649. The van der Waals surface area contributed by atoms with Gasteiger partial charge in [0.1, 0.15) is 0 Å². The zero-order valence-electron chi connectivity index (χ0n) is 20.1. The van der Waals surface area contributed by atoms with Crippen molar-refractivity contribution in [3.63, 3.8) is 0 Å². The lowest BCUT2D eigenvalue weighted by Crippen LogP contribution is -2.48. The number of ether oxygens (including phenoxy) is 1. The number of carbonyl (C=O) groups excluding carboxylic acids is 1. The van der Waals surface area contributed by atoms with Crippen LogP contribution < -0.4 is 5.73 Å². The molecule has 176 valence electrons. The second-order valence-corrected chi connectivity index (χ2v) is 9.46. The van der Waals surface area contributed by atoms with Gasteiger partial charge in [-0.25, -0.2) is 0 Å². The third-order valence-corrected chi connectivity index (χ3v) is 7.22. The first kappa shape index (κ1) is 23.7. The van der Waals surface area contributed by atoms with Crippen LogP contribution in [0.15, 0.2) is 47.7 Å². The number of nitrogens with one attached hydrogen (secondary N) is 1. The van der Waals surface area contributed by atoms with Crippen LogP contribution in [-0.2, 0) is 4.74 Å². The lowest BCUT2D eigenvalue weighted by Gasteiger charge is -2.40. The Balaban J connectivity index is 1.51. The molecule has 6 nitrogen and oxygen atoms in total. The second kappa shape index (κ2) is 9.82. The van der Waals surface area contributed by atoms with Crippen LogP contribution in [0, 0.1) is 36.5 Å². The van der Waals surface area contributed by atoms with Crippen molar-refractivity contribution in [3.05, 3.63) is 81.0 Å². The summed E-state index contributed by atoms with van der Waals surface area (Å²) in [5, 5.41) is 17.8. The lowest BCUT2D eigenvalue weighted by atomic mass is 9.87. The van der Waals surface area contributed by atoms with Crippen molar-refractivity contribution in [1.29, 1.82) is 10.7 Å². The molecule has 2 fully saturated rings. The fraction of sp³-hybridized carbons (Fsp3) is 0.393. The molecule has 34 heavy (non-hydrogen) atoms. The van der Waals surface area contributed by atoms with Gasteiger partial charge in [0, 0.05) is 55.0 Å². The van der Waals surface area contributed by atoms with E-state index in [2.05, 4.69) is 6.07 Å². The molecule has 2 aliphatic heterocycles. The first-order valence-corrected chi connectivity index (χ1v) is 11.8. The van der Waals surface area contributed by atoms with Crippen LogP contribution in [-0.4, -0.2) is 42.8 Å². The van der Waals surface area contributed by atoms with Crippen molar-refractivity contribution in [3.8, 4) is 6.07 Å². The van der Waals surface area contributed by atoms with E-state index < -0.39 is 0 Å². The highest BCUT2D eigenvalue weighted by Crippen LogP contribution is 2.31. The van der Waals surface area contributed by atoms with Crippen molar-refractivity contribution >= 4 is 11.6 Å². The van der Waals surface area contributed by atoms with Gasteiger partial charge in [-0.1, -0.05) is 18.2 Å². The molecular weight excluding hydrogens is 424 g/mol. The molecule has 2 aromatic carbocycles. The van der Waals surface area contributed by atoms with Crippen LogP contribution in [0.3, 0.4) is 0 Å². The molecule has 0 aliphatic carbocycles. The van der Waals surface area contributed by atoms with E-state index in [1.54, 1.807) is 0 Å². The van der Waals surface area contributed by atoms with Crippen molar-refractivity contribution in [2.24, 2.45) is 11.7 Å². The zero-order valence-corrected chi connectivity index (χ0v) is 20.1. The van der Waals surface area contributed by atoms with Crippen LogP contribution in [0.4, 0.5) is 0 Å². The average Bonchev–Trinajstić information content (AvgIpc) is 2.82. The Labute approximate surface area is 201 Å². The maximum absolute atomic E-state index is 13.3. The Morgan fingerprint density at radius 2 is 1.71 bits per heavy atom. The number of amides is 1. The standard InChI is InChI=1S/C28H32N4O2/c1-17-12-18(2)25(13-24(17)27(31)19(3)26(30)22-8-10-34-11-9-22)28(33)32-15-23(16-32)21-6-4-20(14-29)5-7-21/h4-7,12-13,22-23,31H,8-11,15-16,30H2,1-3H3/b26-19-,31-27?. The summed E-state index contributed by atoms with van der Waals surface area (Å²) in [4.78, 5) is 15.2. The topological polar surface area (TPSA) is 103 Å². The molecule has 0 unspecified atom stereocenters. The number of carbonyl (C=O) groups is 1. The zero-order chi connectivity index (χ0) is 24.4. The molecule has 0 saturated carbocycles. The number of hydrogen-bond acceptors (Lipinski definition) is 5. The molecule has 2 heterocycles. The predicted molar refractivity (Wildman–Crippen MR) is 133 cm³/mol. The van der Waals surface area contributed by atoms with Crippen molar-refractivity contribution in [2.75, 3.05) is 26.3 Å². The van der Waals surface area contributed by atoms with E-state index in [1.807, 2.05) is 62.1 Å². The number of aryl methyl sites for hydroxylation is 2. The summed E-state index contributed by atoms with van der Waals surface area (Å²) >= 11 is 0. The fourth-order valence-electron chi connectivity index (χ4n) is 4.87. The van der Waals surface area contributed by atoms with Gasteiger partial charge in [-0.05, 0) is 74.1 Å². The Morgan fingerprint density at radius 3 is 2.32 bits per heavy atom. The third kappa shape index (κ3) is 4.62. The first-order valence-electron chi connectivity index (χ1n) is 11.8. The van der Waals surface area contributed by atoms with Gasteiger partial charge >= 0.3 is 0 Å². The minimum atomic E-state index is -0.00419. The number of benzene rings is 2. The highest BCUT2D eigenvalue weighted by Gasteiger charge is 2.33. The summed E-state index contributed by atoms with van der Waals surface area (Å²) in [5.41, 5.74) is 13.5. The minimum absolute atomic E-state index is 0.00419. The first-order chi connectivity index (χ1) is 16.3. The Kier molecular flexibility index (Phi) is 6.85. The van der Waals surface area contributed by atoms with Crippen LogP contribution in [0.5, 0.6) is 0 Å². The van der Waals surface area contributed by atoms with Crippen molar-refractivity contribution in [2.45, 2.75) is 39.5 Å². The molecule has 0 bridgehead atoms. The van der Waals surface area contributed by atoms with E-state index in [0.717, 1.165) is 46.4 Å². The predicted octanol–water partition coefficient (Wildman–Crippen LogP) is 4.44. The largest absolute Gasteiger partial charge is 0.402 e. The second-order valence-electron chi connectivity index (χ2n) is 9.46. The monoisotopic (exact) mass is 456 g/mol. The van der Waals surface area contributed by atoms with E-state index in [0.29, 0.717) is 43.1 Å². The molecule has 4 rings (SSSR count). The SMILES string of the molecule is C/C(C(=N)c1cc(C(=O)N2CC(c3ccc(C#N)cc3)C2)c(C)cc1C)=C(/N)C1CCOCC1. The Hall–Kier alpha value is -3.43. The van der Waals surface area contributed by atoms with Crippen LogP contribution in [0.25, 0.3) is 0 Å². The normalized spacial score (nSPS) is 17.5. The fourth-order valence-corrected chi connectivity index (χ4v) is 4.87. The number of allylic oxidation sites excluding steroid dienone is 2. The maximum Gasteiger partial charge on any atom is 0.254 e. The highest BCUT2D eigenvalue weighted by atomic mass is 16.5. The molecule has 0 radical (unpaired) electrons. The molecule has 0 spiro atoms. The number of nitrogens with zero attached hydrogens (tertiary/aromatic N) is 2. The van der Waals surface area contributed by atoms with Gasteiger partial charge in [0.2, 0.25) is 0 Å². The maximum atomic E-state index is 13.3. The van der Waals surface area contributed by atoms with E-state index in [1.165, 1.54) is 0 Å². The average molecular weight is 457 g/mol. The Morgan fingerprint density at radius 1 is 1.09 bits per heavy atom. The molecule has 2 aliphatic rings. The van der Waals surface area contributed by atoms with Gasteiger partial charge in [0.05, 0.1) is 17.3 Å². The summed E-state index contributed by atoms with van der Waals surface area (Å²) in [6, 6.07) is 13.6. The third-order valence-electron chi connectivity index (χ3n) is 7.22. The molecule has 2 saturated heterocycles. The highest BCUT2D eigenvalue weighted by molar-refractivity contribution is 6.12. The number of nitrogens with two attached hydrogens (primary N) is 1. The smallest absolute Gasteiger partial charge is 0.254 e. The number of likely N-dealkylation sites (tertiary alicyclic amines) is 1. The molecular formula is C28H32N4O2. The van der Waals surface area contributed by atoms with Gasteiger partial charge in [0.15, 0.2) is 0 Å². The van der Waals surface area contributed by atoms with E-state index >= 15 is 0 Å². The van der Waals surface area contributed by atoms with Gasteiger partial charge in [-0.3, -0.25) is 10.2 Å². The summed E-state index contributed by atoms with van der Waals surface area (Å²) in [5.74, 6) is 0.515. The van der Waals surface area contributed by atoms with Gasteiger partial charge in [-0.15, -0.1) is 0 Å². The van der Waals surface area contributed by atoms with Gasteiger partial charge in [-0.2, -0.15) is 5.26 Å². The van der Waals surface area contributed by atoms with Crippen LogP contribution in [0.1, 0.15) is 63.9 Å². The molecule has 1 amide bonds. The van der Waals surface area contributed by atoms with Gasteiger partial charge < -0.3 is 15.4 Å². The molecule has 0 aromatic heterocycles. The van der Waals surface area contributed by atoms with Crippen molar-refractivity contribution < 1.29 is 9.53 Å². The van der Waals surface area contributed by atoms with Gasteiger partial charge in [0.25, 0.3) is 5.91 Å². The van der Waals surface area contributed by atoms with E-state index in [4.69, 9.17) is 21.1 Å². The van der Waals surface area contributed by atoms with E-state index in [-0.39, 0.29) is 17.7 Å². The minimum Gasteiger partial charge on any atom is -0.402 e. The number of rotatable bonds is 5. The van der Waals surface area contributed by atoms with Crippen LogP contribution in [0.2, 0.25) is 0 Å². The molecule has 2 aromatic rings. The Bertz CT molecular complexity index is 1180. The summed E-state index contributed by atoms with van der Waals surface area (Å²) in [6.07, 6.45) is 1.75. The molecule has 3 N–H and O–H groups in total. The summed E-state index contributed by atoms with van der Waals surface area (Å²) < 4.78 is 5.45. The lowest BCUT2D eigenvalue weighted by molar-refractivity contribution is 0.0601. The number of hydrogen-bond donors (Lipinski definition) is 2. The summed E-state index contributed by atoms with van der Waals surface area (Å²) in [6.45, 7) is 8.55. The summed E-state index contributed by atoms with van der Waals surface area (Å²) in [7, 11) is 0. The molecule has 0 atom stereocenters.